The van der Waals surface area contributed by atoms with Crippen molar-refractivity contribution in [2.45, 2.75) is 0 Å². The summed E-state index contributed by atoms with van der Waals surface area (Å²) in [6, 6.07) is 0. The molecule has 4 nitrogen and oxygen atoms in total. The van der Waals surface area contributed by atoms with Gasteiger partial charge in [0.1, 0.15) is 0 Å². The molecule has 0 rings (SSSR count). The number of hydrogen-bond donors (Lipinski definition) is 0. The van der Waals surface area contributed by atoms with E-state index in [1.54, 1.807) is 0 Å². The average Bonchev–Trinajstić information content (AvgIpc) is 0.722. The van der Waals surface area contributed by atoms with Crippen LogP contribution in [-0.2, 0) is 26.9 Å². The van der Waals surface area contributed by atoms with Crippen LogP contribution in [0.5, 0.6) is 0 Å². The quantitative estimate of drug-likeness (QED) is 0.309. The van der Waals surface area contributed by atoms with Crippen molar-refractivity contribution in [3.63, 3.8) is 0 Å². The molecule has 30 valence electrons. The molecule has 0 aromatic heterocycles. The van der Waals surface area contributed by atoms with Crippen LogP contribution in [0.3, 0.4) is 0 Å². The third-order valence-corrected chi connectivity index (χ3v) is 0. The fourth-order valence-corrected chi connectivity index (χ4v) is 0. The van der Waals surface area contributed by atoms with E-state index in [2.05, 4.69) is 0 Å². The van der Waals surface area contributed by atoms with E-state index in [4.69, 9.17) is 19.2 Å². The van der Waals surface area contributed by atoms with Gasteiger partial charge in [-0.3, -0.25) is 0 Å². The minimum atomic E-state index is -5.39. The van der Waals surface area contributed by atoms with Gasteiger partial charge in [-0.1, -0.05) is 0 Å². The van der Waals surface area contributed by atoms with Crippen molar-refractivity contribution in [3.8, 4) is 0 Å². The molecule has 0 saturated heterocycles. The van der Waals surface area contributed by atoms with Gasteiger partial charge in [0.15, 0.2) is 0 Å². The topological polar surface area (TPSA) is 86.2 Å². The first-order valence-corrected chi connectivity index (χ1v) is 2.19. The minimum absolute atomic E-state index is 0. The van der Waals surface area contributed by atoms with Gasteiger partial charge in [-0.25, -0.2) is 0 Å². The smallest absolute Gasteiger partial charge is 0.822 e. The normalized spacial score (nSPS) is 8.43. The predicted octanol–water partition coefficient (Wildman–Crippen LogP) is -2.83. The summed E-state index contributed by atoms with van der Waals surface area (Å²) in [6.45, 7) is 0. The van der Waals surface area contributed by atoms with Crippen LogP contribution < -0.4 is 14.7 Å². The summed E-state index contributed by atoms with van der Waals surface area (Å²) in [5.74, 6) is 0. The average molecular weight is 426 g/mol. The van der Waals surface area contributed by atoms with Crippen molar-refractivity contribution in [2.75, 3.05) is 0 Å². The van der Waals surface area contributed by atoms with Gasteiger partial charge in [0.25, 0.3) is 0 Å². The molecule has 7 heteroatoms. The molecule has 0 heterocycles. The minimum Gasteiger partial charge on any atom is -0.822 e. The molecular weight excluding hydrogens is 426 g/mol. The summed E-state index contributed by atoms with van der Waals surface area (Å²) >= 11 is 0. The second-order valence-electron chi connectivity index (χ2n) is 0.447. The van der Waals surface area contributed by atoms with Gasteiger partial charge in [-0.15, -0.1) is 0 Å². The molecule has 0 spiro atoms. The molecule has 0 N–H and O–H groups in total. The molecule has 0 fully saturated rings. The van der Waals surface area contributed by atoms with E-state index in [0.29, 0.717) is 0 Å². The van der Waals surface area contributed by atoms with E-state index < -0.39 is 7.82 Å². The Morgan fingerprint density at radius 3 is 1.14 bits per heavy atom. The van der Waals surface area contributed by atoms with Crippen molar-refractivity contribution in [1.29, 1.82) is 0 Å². The van der Waals surface area contributed by atoms with Gasteiger partial charge >= 0.3 is 53.5 Å². The molecule has 0 aliphatic rings. The summed E-state index contributed by atoms with van der Waals surface area (Å²) in [5, 5.41) is 0. The first-order chi connectivity index (χ1) is 2.00. The van der Waals surface area contributed by atoms with Crippen LogP contribution in [0.1, 0.15) is 0 Å². The van der Waals surface area contributed by atoms with Gasteiger partial charge in [0.2, 0.25) is 0 Å². The molecular formula is NbO4PU+8. The van der Waals surface area contributed by atoms with Crippen molar-refractivity contribution >= 4 is 7.82 Å². The first-order valence-electron chi connectivity index (χ1n) is 0.730. The summed E-state index contributed by atoms with van der Waals surface area (Å²) < 4.78 is 8.55. The fourth-order valence-electron chi connectivity index (χ4n) is 0. The van der Waals surface area contributed by atoms with Crippen LogP contribution in [0.4, 0.5) is 0 Å². The number of rotatable bonds is 0. The molecule has 0 aromatic carbocycles. The maximum atomic E-state index is 8.55. The predicted molar refractivity (Wildman–Crippen MR) is 7.61 cm³/mol. The second kappa shape index (κ2) is 6.03. The zero-order valence-corrected chi connectivity index (χ0v) is 10.3. The largest absolute Gasteiger partial charge is 6.00 e. The fraction of sp³-hybridized carbons (Fsp3) is 0. The van der Waals surface area contributed by atoms with E-state index in [0.717, 1.165) is 0 Å². The van der Waals surface area contributed by atoms with Gasteiger partial charge < -0.3 is 19.2 Å². The van der Waals surface area contributed by atoms with Gasteiger partial charge in [0.05, 0.1) is 0 Å². The van der Waals surface area contributed by atoms with Crippen molar-refractivity contribution in [3.05, 3.63) is 0 Å². The number of phosphoric acid groups is 1. The van der Waals surface area contributed by atoms with Gasteiger partial charge in [-0.05, 0) is 0 Å². The SMILES string of the molecule is O=P([O-])([O-])[O-].[Nb+5].[U+6]. The summed E-state index contributed by atoms with van der Waals surface area (Å²) in [6.07, 6.45) is 0. The van der Waals surface area contributed by atoms with Gasteiger partial charge in [-0.2, -0.15) is 7.82 Å². The Kier molecular flexibility index (Phi) is 13.7. The Morgan fingerprint density at radius 2 is 1.14 bits per heavy atom. The molecule has 0 saturated carbocycles. The number of hydrogen-bond acceptors (Lipinski definition) is 4. The molecule has 0 unspecified atom stereocenters. The van der Waals surface area contributed by atoms with Crippen molar-refractivity contribution < 1.29 is 72.7 Å². The zero-order valence-electron chi connectivity index (χ0n) is 3.03. The summed E-state index contributed by atoms with van der Waals surface area (Å²) in [5.41, 5.74) is 0. The Bertz CT molecular complexity index is 57.8. The van der Waals surface area contributed by atoms with E-state index in [9.17, 15) is 0 Å². The molecule has 0 aliphatic heterocycles. The Balaban J connectivity index is -0.0000000800. The maximum Gasteiger partial charge on any atom is 6.00 e. The Hall–Kier alpha value is 1.90. The maximum absolute atomic E-state index is 8.55. The van der Waals surface area contributed by atoms with Crippen LogP contribution in [0.2, 0.25) is 0 Å². The van der Waals surface area contributed by atoms with Crippen LogP contribution in [0.25, 0.3) is 0 Å². The third-order valence-electron chi connectivity index (χ3n) is 0. The molecule has 0 amide bonds. The summed E-state index contributed by atoms with van der Waals surface area (Å²) in [7, 11) is -5.39. The van der Waals surface area contributed by atoms with Crippen molar-refractivity contribution in [2.24, 2.45) is 0 Å². The van der Waals surface area contributed by atoms with Crippen LogP contribution in [-0.4, -0.2) is 0 Å². The van der Waals surface area contributed by atoms with Crippen LogP contribution >= 0.6 is 7.82 Å². The van der Waals surface area contributed by atoms with Gasteiger partial charge in [0, 0.05) is 0 Å². The first kappa shape index (κ1) is 16.0. The summed E-state index contributed by atoms with van der Waals surface area (Å²) in [4.78, 5) is 25.6. The van der Waals surface area contributed by atoms with E-state index >= 15 is 0 Å². The van der Waals surface area contributed by atoms with E-state index in [-0.39, 0.29) is 53.5 Å². The standard InChI is InChI=1S/Nb.H3O4P.U/c;1-5(2,3)4;/h;(H3,1,2,3,4);/q+5;;+6/p-3. The second-order valence-corrected chi connectivity index (χ2v) is 1.34. The van der Waals surface area contributed by atoms with Crippen molar-refractivity contribution in [1.82, 2.24) is 0 Å². The molecule has 0 bridgehead atoms. The molecule has 0 aliphatic carbocycles. The molecule has 0 atom stereocenters. The molecule has 0 radical (unpaired) electrons. The van der Waals surface area contributed by atoms with Crippen LogP contribution in [0, 0.1) is 31.1 Å². The Morgan fingerprint density at radius 1 is 1.14 bits per heavy atom. The molecule has 7 heavy (non-hydrogen) atoms. The third kappa shape index (κ3) is 76.1. The zero-order chi connectivity index (χ0) is 4.50. The van der Waals surface area contributed by atoms with E-state index in [1.165, 1.54) is 0 Å². The monoisotopic (exact) mass is 426 g/mol. The van der Waals surface area contributed by atoms with E-state index in [1.807, 2.05) is 0 Å². The molecule has 0 aromatic rings. The van der Waals surface area contributed by atoms with Crippen LogP contribution in [0.15, 0.2) is 0 Å². The Labute approximate surface area is 79.8 Å².